The summed E-state index contributed by atoms with van der Waals surface area (Å²) in [6.45, 7) is 2.68. The van der Waals surface area contributed by atoms with Crippen molar-refractivity contribution < 1.29 is 4.74 Å². The summed E-state index contributed by atoms with van der Waals surface area (Å²) in [7, 11) is 1.68. The second-order valence-corrected chi connectivity index (χ2v) is 3.82. The first-order valence-corrected chi connectivity index (χ1v) is 5.01. The minimum Gasteiger partial charge on any atom is -0.496 e. The summed E-state index contributed by atoms with van der Waals surface area (Å²) in [6.07, 6.45) is 0.837. The fourth-order valence-electron chi connectivity index (χ4n) is 1.31. The molecule has 72 valence electrons. The van der Waals surface area contributed by atoms with Crippen molar-refractivity contribution in [3.8, 4) is 5.75 Å². The molecular formula is C10H14BrNO. The van der Waals surface area contributed by atoms with Crippen LogP contribution in [-0.4, -0.2) is 13.7 Å². The van der Waals surface area contributed by atoms with Gasteiger partial charge in [-0.2, -0.15) is 0 Å². The first-order chi connectivity index (χ1) is 6.19. The van der Waals surface area contributed by atoms with Crippen molar-refractivity contribution in [2.75, 3.05) is 13.7 Å². The van der Waals surface area contributed by atoms with Gasteiger partial charge in [0.25, 0.3) is 0 Å². The standard InChI is InChI=1S/C10H14BrNO/c1-7-5-9(11)8(3-4-12)10(6-7)13-2/h5-6H,3-4,12H2,1-2H3. The lowest BCUT2D eigenvalue weighted by atomic mass is 10.1. The molecule has 0 saturated carbocycles. The Bertz CT molecular complexity index is 299. The molecule has 1 aromatic carbocycles. The molecule has 0 aliphatic heterocycles. The summed E-state index contributed by atoms with van der Waals surface area (Å²) in [5.74, 6) is 0.914. The zero-order chi connectivity index (χ0) is 9.84. The maximum atomic E-state index is 5.51. The number of halogens is 1. The first kappa shape index (κ1) is 10.5. The van der Waals surface area contributed by atoms with Crippen LogP contribution in [0.1, 0.15) is 11.1 Å². The molecule has 0 aromatic heterocycles. The summed E-state index contributed by atoms with van der Waals surface area (Å²) in [5.41, 5.74) is 7.85. The van der Waals surface area contributed by atoms with Crippen LogP contribution in [0.5, 0.6) is 5.75 Å². The summed E-state index contributed by atoms with van der Waals surface area (Å²) in [4.78, 5) is 0. The van der Waals surface area contributed by atoms with E-state index in [1.807, 2.05) is 13.0 Å². The van der Waals surface area contributed by atoms with Gasteiger partial charge in [0.05, 0.1) is 7.11 Å². The first-order valence-electron chi connectivity index (χ1n) is 4.22. The number of methoxy groups -OCH3 is 1. The third kappa shape index (κ3) is 2.45. The molecule has 3 heteroatoms. The average molecular weight is 244 g/mol. The largest absolute Gasteiger partial charge is 0.496 e. The van der Waals surface area contributed by atoms with Crippen molar-refractivity contribution in [3.05, 3.63) is 27.7 Å². The Kier molecular flexibility index (Phi) is 3.75. The van der Waals surface area contributed by atoms with Gasteiger partial charge in [-0.1, -0.05) is 15.9 Å². The van der Waals surface area contributed by atoms with Crippen LogP contribution in [-0.2, 0) is 6.42 Å². The minimum absolute atomic E-state index is 0.637. The summed E-state index contributed by atoms with van der Waals surface area (Å²) in [6, 6.07) is 4.10. The molecule has 1 aromatic rings. The van der Waals surface area contributed by atoms with E-state index in [0.717, 1.165) is 22.2 Å². The van der Waals surface area contributed by atoms with Gasteiger partial charge < -0.3 is 10.5 Å². The van der Waals surface area contributed by atoms with E-state index in [1.165, 1.54) is 5.56 Å². The van der Waals surface area contributed by atoms with Crippen molar-refractivity contribution in [1.82, 2.24) is 0 Å². The predicted octanol–water partition coefficient (Wildman–Crippen LogP) is 2.27. The highest BCUT2D eigenvalue weighted by Gasteiger charge is 2.07. The molecule has 0 spiro atoms. The summed E-state index contributed by atoms with van der Waals surface area (Å²) >= 11 is 3.50. The van der Waals surface area contributed by atoms with E-state index in [2.05, 4.69) is 22.0 Å². The highest BCUT2D eigenvalue weighted by atomic mass is 79.9. The second kappa shape index (κ2) is 4.63. The van der Waals surface area contributed by atoms with Gasteiger partial charge in [0, 0.05) is 10.0 Å². The topological polar surface area (TPSA) is 35.2 Å². The van der Waals surface area contributed by atoms with Gasteiger partial charge in [-0.3, -0.25) is 0 Å². The molecule has 1 rings (SSSR count). The number of hydrogen-bond acceptors (Lipinski definition) is 2. The quantitative estimate of drug-likeness (QED) is 0.885. The molecule has 0 aliphatic carbocycles. The van der Waals surface area contributed by atoms with Crippen molar-refractivity contribution in [1.29, 1.82) is 0 Å². The number of aryl methyl sites for hydroxylation is 1. The molecule has 0 bridgehead atoms. The van der Waals surface area contributed by atoms with Crippen LogP contribution in [0, 0.1) is 6.92 Å². The minimum atomic E-state index is 0.637. The SMILES string of the molecule is COc1cc(C)cc(Br)c1CCN. The van der Waals surface area contributed by atoms with E-state index in [-0.39, 0.29) is 0 Å². The fourth-order valence-corrected chi connectivity index (χ4v) is 2.06. The fraction of sp³-hybridized carbons (Fsp3) is 0.400. The van der Waals surface area contributed by atoms with Crippen LogP contribution in [0.25, 0.3) is 0 Å². The molecule has 0 unspecified atom stereocenters. The highest BCUT2D eigenvalue weighted by molar-refractivity contribution is 9.10. The monoisotopic (exact) mass is 243 g/mol. The average Bonchev–Trinajstić information content (AvgIpc) is 2.09. The lowest BCUT2D eigenvalue weighted by Crippen LogP contribution is -2.05. The molecule has 0 saturated heterocycles. The van der Waals surface area contributed by atoms with Gasteiger partial charge in [-0.15, -0.1) is 0 Å². The molecular weight excluding hydrogens is 230 g/mol. The van der Waals surface area contributed by atoms with E-state index in [9.17, 15) is 0 Å². The third-order valence-electron chi connectivity index (χ3n) is 1.91. The van der Waals surface area contributed by atoms with Crippen molar-refractivity contribution in [2.45, 2.75) is 13.3 Å². The zero-order valence-electron chi connectivity index (χ0n) is 7.93. The van der Waals surface area contributed by atoms with Crippen LogP contribution in [0.4, 0.5) is 0 Å². The van der Waals surface area contributed by atoms with E-state index in [0.29, 0.717) is 6.54 Å². The van der Waals surface area contributed by atoms with Crippen molar-refractivity contribution in [3.63, 3.8) is 0 Å². The predicted molar refractivity (Wildman–Crippen MR) is 58.2 cm³/mol. The maximum absolute atomic E-state index is 5.51. The lowest BCUT2D eigenvalue weighted by Gasteiger charge is -2.10. The highest BCUT2D eigenvalue weighted by Crippen LogP contribution is 2.28. The Morgan fingerprint density at radius 1 is 1.46 bits per heavy atom. The van der Waals surface area contributed by atoms with Crippen LogP contribution in [0.3, 0.4) is 0 Å². The molecule has 0 heterocycles. The molecule has 0 atom stereocenters. The van der Waals surface area contributed by atoms with Crippen LogP contribution >= 0.6 is 15.9 Å². The van der Waals surface area contributed by atoms with E-state index < -0.39 is 0 Å². The molecule has 13 heavy (non-hydrogen) atoms. The van der Waals surface area contributed by atoms with Crippen LogP contribution < -0.4 is 10.5 Å². The van der Waals surface area contributed by atoms with Gasteiger partial charge in [-0.05, 0) is 37.6 Å². The number of ether oxygens (including phenoxy) is 1. The number of hydrogen-bond donors (Lipinski definition) is 1. The maximum Gasteiger partial charge on any atom is 0.123 e. The number of benzene rings is 1. The summed E-state index contributed by atoms with van der Waals surface area (Å²) < 4.78 is 6.35. The van der Waals surface area contributed by atoms with Crippen molar-refractivity contribution >= 4 is 15.9 Å². The molecule has 0 aliphatic rings. The molecule has 0 fully saturated rings. The zero-order valence-corrected chi connectivity index (χ0v) is 9.52. The van der Waals surface area contributed by atoms with E-state index in [1.54, 1.807) is 7.11 Å². The normalized spacial score (nSPS) is 10.2. The van der Waals surface area contributed by atoms with E-state index in [4.69, 9.17) is 10.5 Å². The van der Waals surface area contributed by atoms with Crippen LogP contribution in [0.2, 0.25) is 0 Å². The van der Waals surface area contributed by atoms with Gasteiger partial charge in [0.15, 0.2) is 0 Å². The molecule has 0 radical (unpaired) electrons. The van der Waals surface area contributed by atoms with E-state index >= 15 is 0 Å². The smallest absolute Gasteiger partial charge is 0.123 e. The molecule has 0 amide bonds. The second-order valence-electron chi connectivity index (χ2n) is 2.97. The van der Waals surface area contributed by atoms with Gasteiger partial charge in [-0.25, -0.2) is 0 Å². The third-order valence-corrected chi connectivity index (χ3v) is 2.62. The van der Waals surface area contributed by atoms with Gasteiger partial charge in [0.1, 0.15) is 5.75 Å². The molecule has 2 nitrogen and oxygen atoms in total. The lowest BCUT2D eigenvalue weighted by molar-refractivity contribution is 0.409. The Hall–Kier alpha value is -0.540. The molecule has 2 N–H and O–H groups in total. The Morgan fingerprint density at radius 2 is 2.15 bits per heavy atom. The Balaban J connectivity index is 3.13. The van der Waals surface area contributed by atoms with Crippen molar-refractivity contribution in [2.24, 2.45) is 5.73 Å². The summed E-state index contributed by atoms with van der Waals surface area (Å²) in [5, 5.41) is 0. The van der Waals surface area contributed by atoms with Gasteiger partial charge in [0.2, 0.25) is 0 Å². The number of nitrogens with two attached hydrogens (primary N) is 1. The Labute approximate surface area is 87.2 Å². The van der Waals surface area contributed by atoms with Gasteiger partial charge >= 0.3 is 0 Å². The van der Waals surface area contributed by atoms with Crippen LogP contribution in [0.15, 0.2) is 16.6 Å². The Morgan fingerprint density at radius 3 is 2.69 bits per heavy atom. The number of rotatable bonds is 3.